The summed E-state index contributed by atoms with van der Waals surface area (Å²) in [7, 11) is 0. The van der Waals surface area contributed by atoms with E-state index in [1.54, 1.807) is 16.7 Å². The molecule has 7 nitrogen and oxygen atoms in total. The molecule has 2 fully saturated rings. The first-order chi connectivity index (χ1) is 18.0. The number of carbonyl (C=O) groups excluding carboxylic acids is 3. The standard InChI is InChI=1S/C29H36N2O5S/c1-2-3-9-16-30-17-11-15-29-24(23-22(37-29)14-8-5-10-18-36-28(23)35)26(33)31(25(29)27(30)34)21(19-32)20-12-6-4-7-13-20/h4,6-8,11-15,21-25,32H,2-3,5,9-10,16-19H2,1H3/b14-8-/t21-,22+,23-,24+,25?,29+/m1/s1. The number of unbranched alkanes of at least 4 members (excludes halogenated alkanes) is 2. The normalized spacial score (nSPS) is 33.0. The number of amides is 2. The summed E-state index contributed by atoms with van der Waals surface area (Å²) in [5, 5.41) is 10.3. The molecule has 0 radical (unpaired) electrons. The van der Waals surface area contributed by atoms with E-state index in [4.69, 9.17) is 4.74 Å². The number of benzene rings is 1. The van der Waals surface area contributed by atoms with Crippen LogP contribution >= 0.6 is 11.8 Å². The summed E-state index contributed by atoms with van der Waals surface area (Å²) in [6, 6.07) is 7.87. The van der Waals surface area contributed by atoms with E-state index in [9.17, 15) is 19.5 Å². The number of aliphatic hydroxyl groups is 1. The van der Waals surface area contributed by atoms with E-state index in [-0.39, 0.29) is 29.6 Å². The van der Waals surface area contributed by atoms with Crippen molar-refractivity contribution in [2.45, 2.75) is 61.1 Å². The van der Waals surface area contributed by atoms with Crippen molar-refractivity contribution in [1.29, 1.82) is 0 Å². The van der Waals surface area contributed by atoms with E-state index >= 15 is 0 Å². The fourth-order valence-corrected chi connectivity index (χ4v) is 8.35. The molecule has 37 heavy (non-hydrogen) atoms. The van der Waals surface area contributed by atoms with Gasteiger partial charge in [-0.1, -0.05) is 74.4 Å². The van der Waals surface area contributed by atoms with E-state index in [1.165, 1.54) is 0 Å². The van der Waals surface area contributed by atoms with Crippen LogP contribution in [0.3, 0.4) is 0 Å². The number of hydrogen-bond donors (Lipinski definition) is 1. The third kappa shape index (κ3) is 4.52. The zero-order chi connectivity index (χ0) is 26.0. The Balaban J connectivity index is 1.62. The Morgan fingerprint density at radius 3 is 2.70 bits per heavy atom. The molecule has 1 spiro atoms. The van der Waals surface area contributed by atoms with Crippen molar-refractivity contribution in [3.8, 4) is 0 Å². The second-order valence-electron chi connectivity index (χ2n) is 10.3. The molecular formula is C29H36N2O5S. The lowest BCUT2D eigenvalue weighted by Crippen LogP contribution is -2.54. The van der Waals surface area contributed by atoms with Crippen molar-refractivity contribution in [1.82, 2.24) is 9.80 Å². The Morgan fingerprint density at radius 1 is 1.14 bits per heavy atom. The van der Waals surface area contributed by atoms with Gasteiger partial charge in [-0.05, 0) is 24.8 Å². The van der Waals surface area contributed by atoms with Crippen molar-refractivity contribution in [3.05, 3.63) is 60.2 Å². The summed E-state index contributed by atoms with van der Waals surface area (Å²) in [4.78, 5) is 45.5. The van der Waals surface area contributed by atoms with Gasteiger partial charge in [0.05, 0.1) is 35.8 Å². The van der Waals surface area contributed by atoms with E-state index in [0.29, 0.717) is 19.7 Å². The second kappa shape index (κ2) is 11.0. The number of fused-ring (bicyclic) bond motifs is 2. The lowest BCUT2D eigenvalue weighted by atomic mass is 9.78. The molecule has 0 aromatic heterocycles. The van der Waals surface area contributed by atoms with Gasteiger partial charge in [-0.25, -0.2) is 0 Å². The zero-order valence-electron chi connectivity index (χ0n) is 21.3. The van der Waals surface area contributed by atoms with Crippen LogP contribution in [0.2, 0.25) is 0 Å². The maximum absolute atomic E-state index is 14.4. The molecule has 1 N–H and O–H groups in total. The molecule has 8 heteroatoms. The number of esters is 1. The van der Waals surface area contributed by atoms with Crippen molar-refractivity contribution in [3.63, 3.8) is 0 Å². The number of aliphatic hydroxyl groups excluding tert-OH is 1. The molecule has 0 saturated carbocycles. The quantitative estimate of drug-likeness (QED) is 0.334. The van der Waals surface area contributed by atoms with Crippen LogP contribution in [-0.4, -0.2) is 75.0 Å². The van der Waals surface area contributed by atoms with Crippen LogP contribution in [0.25, 0.3) is 0 Å². The van der Waals surface area contributed by atoms with Crippen LogP contribution in [0, 0.1) is 11.8 Å². The monoisotopic (exact) mass is 524 g/mol. The number of thioether (sulfide) groups is 1. The van der Waals surface area contributed by atoms with Crippen molar-refractivity contribution < 1.29 is 24.2 Å². The second-order valence-corrected chi connectivity index (χ2v) is 11.8. The number of cyclic esters (lactones) is 1. The molecule has 4 aliphatic heterocycles. The molecule has 0 aliphatic carbocycles. The molecular weight excluding hydrogens is 488 g/mol. The molecule has 1 unspecified atom stereocenters. The van der Waals surface area contributed by atoms with Crippen molar-refractivity contribution in [2.24, 2.45) is 11.8 Å². The predicted molar refractivity (Wildman–Crippen MR) is 143 cm³/mol. The Bertz CT molecular complexity index is 1080. The highest BCUT2D eigenvalue weighted by Gasteiger charge is 2.71. The molecule has 5 rings (SSSR count). The highest BCUT2D eigenvalue weighted by molar-refractivity contribution is 8.02. The van der Waals surface area contributed by atoms with Crippen LogP contribution in [0.1, 0.15) is 50.6 Å². The van der Waals surface area contributed by atoms with Gasteiger partial charge < -0.3 is 19.6 Å². The maximum Gasteiger partial charge on any atom is 0.311 e. The van der Waals surface area contributed by atoms with Crippen LogP contribution in [-0.2, 0) is 19.1 Å². The third-order valence-corrected chi connectivity index (χ3v) is 9.84. The molecule has 4 heterocycles. The fourth-order valence-electron chi connectivity index (χ4n) is 6.36. The van der Waals surface area contributed by atoms with Gasteiger partial charge in [0, 0.05) is 18.3 Å². The number of nitrogens with zero attached hydrogens (tertiary/aromatic N) is 2. The number of likely N-dealkylation sites (tertiary alicyclic amines) is 1. The fraction of sp³-hybridized carbons (Fsp3) is 0.552. The summed E-state index contributed by atoms with van der Waals surface area (Å²) in [6.07, 6.45) is 12.6. The molecule has 1 aromatic carbocycles. The van der Waals surface area contributed by atoms with Crippen LogP contribution in [0.5, 0.6) is 0 Å². The highest BCUT2D eigenvalue weighted by Crippen LogP contribution is 2.61. The van der Waals surface area contributed by atoms with E-state index in [2.05, 4.69) is 13.0 Å². The summed E-state index contributed by atoms with van der Waals surface area (Å²) in [6.45, 7) is 3.22. The Morgan fingerprint density at radius 2 is 1.95 bits per heavy atom. The Hall–Kier alpha value is -2.58. The lowest BCUT2D eigenvalue weighted by molar-refractivity contribution is -0.153. The van der Waals surface area contributed by atoms with Gasteiger partial charge in [0.2, 0.25) is 11.8 Å². The molecule has 6 atom stereocenters. The lowest BCUT2D eigenvalue weighted by Gasteiger charge is -2.38. The smallest absolute Gasteiger partial charge is 0.311 e. The summed E-state index contributed by atoms with van der Waals surface area (Å²) in [5.74, 6) is -2.16. The average molecular weight is 525 g/mol. The Kier molecular flexibility index (Phi) is 7.77. The molecule has 1 aromatic rings. The van der Waals surface area contributed by atoms with Gasteiger partial charge in [-0.2, -0.15) is 0 Å². The molecule has 4 aliphatic rings. The minimum Gasteiger partial charge on any atom is -0.465 e. The SMILES string of the molecule is CCCCCN1CC=C[C@]23S[C@H]4/C=C\CCCOC(=O)[C@H]4[C@H]2C(=O)N([C@H](CO)c2ccccc2)C3C1=O. The van der Waals surface area contributed by atoms with Gasteiger partial charge >= 0.3 is 5.97 Å². The van der Waals surface area contributed by atoms with Gasteiger partial charge in [0.25, 0.3) is 0 Å². The minimum absolute atomic E-state index is 0.109. The van der Waals surface area contributed by atoms with E-state index in [0.717, 1.165) is 37.7 Å². The first kappa shape index (κ1) is 26.0. The molecule has 0 bridgehead atoms. The average Bonchev–Trinajstić information content (AvgIpc) is 3.32. The zero-order valence-corrected chi connectivity index (χ0v) is 22.1. The predicted octanol–water partition coefficient (Wildman–Crippen LogP) is 3.50. The number of carbonyl (C=O) groups is 3. The van der Waals surface area contributed by atoms with Gasteiger partial charge in [-0.3, -0.25) is 14.4 Å². The minimum atomic E-state index is -0.909. The topological polar surface area (TPSA) is 87.2 Å². The molecule has 2 saturated heterocycles. The number of rotatable bonds is 7. The van der Waals surface area contributed by atoms with Crippen molar-refractivity contribution in [2.75, 3.05) is 26.3 Å². The first-order valence-electron chi connectivity index (χ1n) is 13.5. The molecule has 2 amide bonds. The largest absolute Gasteiger partial charge is 0.465 e. The maximum atomic E-state index is 14.4. The van der Waals surface area contributed by atoms with Gasteiger partial charge in [0.1, 0.15) is 6.04 Å². The number of allylic oxidation sites excluding steroid dienone is 1. The number of ether oxygens (including phenoxy) is 1. The van der Waals surface area contributed by atoms with Gasteiger partial charge in [-0.15, -0.1) is 11.8 Å². The summed E-state index contributed by atoms with van der Waals surface area (Å²) >= 11 is 1.54. The summed E-state index contributed by atoms with van der Waals surface area (Å²) < 4.78 is 4.72. The van der Waals surface area contributed by atoms with Gasteiger partial charge in [0.15, 0.2) is 0 Å². The number of hydrogen-bond acceptors (Lipinski definition) is 6. The summed E-state index contributed by atoms with van der Waals surface area (Å²) in [5.41, 5.74) is 0.769. The van der Waals surface area contributed by atoms with Crippen molar-refractivity contribution >= 4 is 29.5 Å². The van der Waals surface area contributed by atoms with Crippen LogP contribution in [0.4, 0.5) is 0 Å². The van der Waals surface area contributed by atoms with Crippen LogP contribution < -0.4 is 0 Å². The van der Waals surface area contributed by atoms with E-state index in [1.807, 2.05) is 53.5 Å². The molecule has 198 valence electrons. The van der Waals surface area contributed by atoms with E-state index < -0.39 is 28.7 Å². The first-order valence-corrected chi connectivity index (χ1v) is 14.4. The van der Waals surface area contributed by atoms with Crippen LogP contribution in [0.15, 0.2) is 54.6 Å². The highest BCUT2D eigenvalue weighted by atomic mass is 32.2. The Labute approximate surface area is 222 Å². The third-order valence-electron chi connectivity index (χ3n) is 8.10.